The van der Waals surface area contributed by atoms with E-state index in [0.717, 1.165) is 16.7 Å². The molecule has 0 saturated heterocycles. The third kappa shape index (κ3) is 5.11. The molecule has 5 rings (SSSR count). The highest BCUT2D eigenvalue weighted by molar-refractivity contribution is 6.32. The minimum Gasteiger partial charge on any atom is -0.452 e. The third-order valence-corrected chi connectivity index (χ3v) is 6.81. The van der Waals surface area contributed by atoms with Gasteiger partial charge in [0, 0.05) is 10.9 Å². The lowest BCUT2D eigenvalue weighted by molar-refractivity contribution is -0.124. The number of pyridine rings is 1. The number of para-hydroxylation sites is 1. The van der Waals surface area contributed by atoms with Crippen molar-refractivity contribution in [1.82, 2.24) is 10.3 Å². The Morgan fingerprint density at radius 3 is 2.59 bits per heavy atom. The van der Waals surface area contributed by atoms with Crippen LogP contribution in [0.5, 0.6) is 0 Å². The first-order chi connectivity index (χ1) is 17.9. The molecule has 0 saturated carbocycles. The van der Waals surface area contributed by atoms with Gasteiger partial charge in [0.25, 0.3) is 5.91 Å². The summed E-state index contributed by atoms with van der Waals surface area (Å²) < 4.78 is 19.9. The molecule has 0 aliphatic heterocycles. The number of nitrogens with one attached hydrogen (secondary N) is 1. The van der Waals surface area contributed by atoms with Gasteiger partial charge in [0.15, 0.2) is 6.61 Å². The minimum absolute atomic E-state index is 0.226. The van der Waals surface area contributed by atoms with Crippen molar-refractivity contribution < 1.29 is 18.7 Å². The Labute approximate surface area is 218 Å². The number of rotatable bonds is 6. The predicted octanol–water partition coefficient (Wildman–Crippen LogP) is 6.55. The van der Waals surface area contributed by atoms with Crippen LogP contribution < -0.4 is 5.32 Å². The number of fused-ring (bicyclic) bond motifs is 2. The summed E-state index contributed by atoms with van der Waals surface area (Å²) >= 11 is 6.24. The zero-order chi connectivity index (χ0) is 25.9. The fourth-order valence-electron chi connectivity index (χ4n) is 4.65. The molecule has 3 aromatic carbocycles. The van der Waals surface area contributed by atoms with Gasteiger partial charge in [-0.05, 0) is 60.7 Å². The van der Waals surface area contributed by atoms with E-state index >= 15 is 0 Å². The molecule has 0 fully saturated rings. The average molecular weight is 515 g/mol. The van der Waals surface area contributed by atoms with Gasteiger partial charge in [-0.3, -0.25) is 4.79 Å². The van der Waals surface area contributed by atoms with Crippen molar-refractivity contribution in [2.24, 2.45) is 0 Å². The lowest BCUT2D eigenvalue weighted by atomic mass is 10.0. The number of nitrogens with zero attached hydrogens (tertiary/aromatic N) is 1. The Hall–Kier alpha value is -4.03. The van der Waals surface area contributed by atoms with Crippen molar-refractivity contribution >= 4 is 46.0 Å². The summed E-state index contributed by atoms with van der Waals surface area (Å²) in [6.07, 6.45) is 2.80. The molecule has 7 heteroatoms. The Kier molecular flexibility index (Phi) is 7.01. The number of esters is 1. The first-order valence-corrected chi connectivity index (χ1v) is 12.4. The number of carbonyl (C=O) groups is 2. The summed E-state index contributed by atoms with van der Waals surface area (Å²) in [5.74, 6) is -1.42. The summed E-state index contributed by atoms with van der Waals surface area (Å²) in [7, 11) is 0. The Balaban J connectivity index is 1.43. The van der Waals surface area contributed by atoms with E-state index in [0.29, 0.717) is 40.0 Å². The molecule has 1 amide bonds. The zero-order valence-electron chi connectivity index (χ0n) is 20.1. The molecule has 1 aromatic heterocycles. The molecular formula is C30H24ClFN2O3. The molecule has 0 radical (unpaired) electrons. The highest BCUT2D eigenvalue weighted by Gasteiger charge is 2.28. The van der Waals surface area contributed by atoms with Crippen LogP contribution in [0.1, 0.15) is 52.1 Å². The molecule has 1 aliphatic rings. The number of hydrogen-bond donors (Lipinski definition) is 1. The second kappa shape index (κ2) is 10.5. The van der Waals surface area contributed by atoms with Crippen molar-refractivity contribution in [2.75, 3.05) is 6.61 Å². The summed E-state index contributed by atoms with van der Waals surface area (Å²) in [5.41, 5.74) is 4.36. The number of halogens is 2. The van der Waals surface area contributed by atoms with E-state index in [4.69, 9.17) is 21.3 Å². The number of allylic oxidation sites excluding steroid dienone is 1. The van der Waals surface area contributed by atoms with E-state index in [1.54, 1.807) is 18.2 Å². The van der Waals surface area contributed by atoms with E-state index in [1.807, 2.05) is 61.5 Å². The zero-order valence-corrected chi connectivity index (χ0v) is 20.9. The molecule has 1 aliphatic carbocycles. The molecular weight excluding hydrogens is 491 g/mol. The van der Waals surface area contributed by atoms with Crippen molar-refractivity contribution in [3.05, 3.63) is 112 Å². The monoisotopic (exact) mass is 514 g/mol. The largest absolute Gasteiger partial charge is 0.452 e. The molecule has 186 valence electrons. The number of ether oxygens (including phenoxy) is 1. The molecule has 0 spiro atoms. The van der Waals surface area contributed by atoms with E-state index < -0.39 is 24.3 Å². The van der Waals surface area contributed by atoms with Crippen LogP contribution in [0.25, 0.3) is 22.6 Å². The highest BCUT2D eigenvalue weighted by Crippen LogP contribution is 2.38. The molecule has 1 atom stereocenters. The van der Waals surface area contributed by atoms with Gasteiger partial charge in [-0.1, -0.05) is 66.2 Å². The summed E-state index contributed by atoms with van der Waals surface area (Å²) in [6.45, 7) is 1.46. The van der Waals surface area contributed by atoms with Crippen LogP contribution >= 0.6 is 11.6 Å². The molecule has 0 bridgehead atoms. The number of benzene rings is 3. The lowest BCUT2D eigenvalue weighted by Crippen LogP contribution is -2.31. The van der Waals surface area contributed by atoms with Crippen LogP contribution in [0.2, 0.25) is 5.02 Å². The van der Waals surface area contributed by atoms with Gasteiger partial charge < -0.3 is 10.1 Å². The van der Waals surface area contributed by atoms with Crippen molar-refractivity contribution in [2.45, 2.75) is 25.8 Å². The number of amides is 1. The van der Waals surface area contributed by atoms with Crippen LogP contribution in [0, 0.1) is 5.82 Å². The van der Waals surface area contributed by atoms with Crippen LogP contribution in [0.15, 0.2) is 72.8 Å². The van der Waals surface area contributed by atoms with Gasteiger partial charge in [-0.15, -0.1) is 0 Å². The van der Waals surface area contributed by atoms with Gasteiger partial charge in [-0.25, -0.2) is 14.2 Å². The minimum atomic E-state index is -0.595. The summed E-state index contributed by atoms with van der Waals surface area (Å²) in [4.78, 5) is 30.6. The average Bonchev–Trinajstić information content (AvgIpc) is 3.30. The van der Waals surface area contributed by atoms with E-state index in [-0.39, 0.29) is 11.6 Å². The number of hydrogen-bond acceptors (Lipinski definition) is 4. The maximum Gasteiger partial charge on any atom is 0.339 e. The van der Waals surface area contributed by atoms with Crippen LogP contribution in [0.3, 0.4) is 0 Å². The van der Waals surface area contributed by atoms with Crippen LogP contribution in [0.4, 0.5) is 4.39 Å². The second-order valence-corrected chi connectivity index (χ2v) is 9.32. The highest BCUT2D eigenvalue weighted by atomic mass is 35.5. The van der Waals surface area contributed by atoms with Gasteiger partial charge in [0.2, 0.25) is 0 Å². The maximum atomic E-state index is 14.5. The Morgan fingerprint density at radius 1 is 1.05 bits per heavy atom. The molecule has 0 unspecified atom stereocenters. The number of carbonyl (C=O) groups excluding carboxylic acids is 2. The Bertz CT molecular complexity index is 1510. The number of aromatic nitrogens is 1. The summed E-state index contributed by atoms with van der Waals surface area (Å²) in [5, 5.41) is 3.80. The maximum absolute atomic E-state index is 14.5. The van der Waals surface area contributed by atoms with Crippen LogP contribution in [-0.4, -0.2) is 23.5 Å². The van der Waals surface area contributed by atoms with Crippen LogP contribution in [-0.2, 0) is 16.0 Å². The van der Waals surface area contributed by atoms with Gasteiger partial charge in [0.1, 0.15) is 5.82 Å². The van der Waals surface area contributed by atoms with Gasteiger partial charge in [0.05, 0.1) is 27.8 Å². The molecule has 1 N–H and O–H groups in total. The molecule has 4 aromatic rings. The van der Waals surface area contributed by atoms with Gasteiger partial charge in [-0.2, -0.15) is 0 Å². The van der Waals surface area contributed by atoms with Crippen molar-refractivity contribution in [3.8, 4) is 0 Å². The quantitative estimate of drug-likeness (QED) is 0.296. The normalized spacial score (nSPS) is 14.4. The van der Waals surface area contributed by atoms with E-state index in [1.165, 1.54) is 6.07 Å². The predicted molar refractivity (Wildman–Crippen MR) is 143 cm³/mol. The standard InChI is InChI=1S/C30H24ClFN2O3/c1-18(19-8-3-2-4-9-19)33-27(35)17-37-30(36)28-21-10-5-6-13-26(21)34-29-20(14-15-22(28)29)16-23-24(31)11-7-12-25(23)32/h2-13,16,18H,14-15,17H2,1H3,(H,33,35)/b20-16-/t18-/m0/s1. The Morgan fingerprint density at radius 2 is 1.81 bits per heavy atom. The topological polar surface area (TPSA) is 68.3 Å². The first-order valence-electron chi connectivity index (χ1n) is 12.0. The summed E-state index contributed by atoms with van der Waals surface area (Å²) in [6, 6.07) is 21.1. The van der Waals surface area contributed by atoms with E-state index in [9.17, 15) is 14.0 Å². The fraction of sp³-hybridized carbons (Fsp3) is 0.167. The smallest absolute Gasteiger partial charge is 0.339 e. The SMILES string of the molecule is C[C@H](NC(=O)COC(=O)c1c2c(nc3ccccc13)/C(=C\c1c(F)cccc1Cl)CC2)c1ccccc1. The molecule has 1 heterocycles. The fourth-order valence-corrected chi connectivity index (χ4v) is 4.86. The second-order valence-electron chi connectivity index (χ2n) is 8.91. The van der Waals surface area contributed by atoms with E-state index in [2.05, 4.69) is 5.32 Å². The van der Waals surface area contributed by atoms with Gasteiger partial charge >= 0.3 is 5.97 Å². The van der Waals surface area contributed by atoms with Crippen molar-refractivity contribution in [1.29, 1.82) is 0 Å². The third-order valence-electron chi connectivity index (χ3n) is 6.48. The molecule has 37 heavy (non-hydrogen) atoms. The molecule has 5 nitrogen and oxygen atoms in total. The first kappa shape index (κ1) is 24.7. The lowest BCUT2D eigenvalue weighted by Gasteiger charge is -2.15. The van der Waals surface area contributed by atoms with Crippen molar-refractivity contribution in [3.63, 3.8) is 0 Å².